The van der Waals surface area contributed by atoms with E-state index in [-0.39, 0.29) is 9.88 Å². The monoisotopic (exact) mass is 320 g/mol. The highest BCUT2D eigenvalue weighted by atomic mass is 32.1. The number of nitrogens with one attached hydrogen (secondary N) is 1. The summed E-state index contributed by atoms with van der Waals surface area (Å²) in [4.78, 5) is 33.4. The van der Waals surface area contributed by atoms with E-state index in [1.54, 1.807) is 12.1 Å². The maximum atomic E-state index is 11.7. The standard InChI is InChI=1S/C14H12N2O5S/c1-9-4-2-3-5-10(9)15-12(17)8-21-14(18)11-6-7-13(22-11)16(19)20/h2-7H,8H2,1H3,(H,15,17). The Morgan fingerprint density at radius 1 is 1.27 bits per heavy atom. The third kappa shape index (κ3) is 3.89. The van der Waals surface area contributed by atoms with Crippen molar-refractivity contribution < 1.29 is 19.2 Å². The number of nitrogens with zero attached hydrogens (tertiary/aromatic N) is 1. The third-order valence-electron chi connectivity index (χ3n) is 2.73. The molecule has 0 bridgehead atoms. The summed E-state index contributed by atoms with van der Waals surface area (Å²) < 4.78 is 4.83. The Morgan fingerprint density at radius 2 is 2.00 bits per heavy atom. The first-order valence-corrected chi connectivity index (χ1v) is 7.06. The average Bonchev–Trinajstić information content (AvgIpc) is 2.97. The lowest BCUT2D eigenvalue weighted by Gasteiger charge is -2.08. The van der Waals surface area contributed by atoms with Crippen molar-refractivity contribution >= 4 is 33.9 Å². The van der Waals surface area contributed by atoms with Crippen molar-refractivity contribution in [1.29, 1.82) is 0 Å². The molecular weight excluding hydrogens is 308 g/mol. The number of esters is 1. The van der Waals surface area contributed by atoms with Crippen LogP contribution in [0.2, 0.25) is 0 Å². The average molecular weight is 320 g/mol. The zero-order valence-corrected chi connectivity index (χ0v) is 12.4. The minimum atomic E-state index is -0.766. The molecule has 1 aromatic heterocycles. The fraction of sp³-hybridized carbons (Fsp3) is 0.143. The van der Waals surface area contributed by atoms with E-state index in [2.05, 4.69) is 5.32 Å². The van der Waals surface area contributed by atoms with Crippen LogP contribution in [0.3, 0.4) is 0 Å². The van der Waals surface area contributed by atoms with Gasteiger partial charge in [-0.2, -0.15) is 0 Å². The van der Waals surface area contributed by atoms with Gasteiger partial charge in [0.2, 0.25) is 0 Å². The zero-order valence-electron chi connectivity index (χ0n) is 11.6. The van der Waals surface area contributed by atoms with Crippen LogP contribution >= 0.6 is 11.3 Å². The molecule has 0 aliphatic carbocycles. The zero-order chi connectivity index (χ0) is 16.1. The first-order valence-electron chi connectivity index (χ1n) is 6.24. The number of benzene rings is 1. The lowest BCUT2D eigenvalue weighted by Crippen LogP contribution is -2.21. The molecule has 0 spiro atoms. The van der Waals surface area contributed by atoms with E-state index in [1.807, 2.05) is 19.1 Å². The molecule has 8 heteroatoms. The molecule has 2 aromatic rings. The number of thiophene rings is 1. The maximum Gasteiger partial charge on any atom is 0.349 e. The van der Waals surface area contributed by atoms with E-state index in [1.165, 1.54) is 12.1 Å². The van der Waals surface area contributed by atoms with E-state index in [0.29, 0.717) is 17.0 Å². The second-order valence-corrected chi connectivity index (χ2v) is 5.40. The molecule has 0 aliphatic heterocycles. The lowest BCUT2D eigenvalue weighted by atomic mass is 10.2. The van der Waals surface area contributed by atoms with Gasteiger partial charge in [-0.05, 0) is 24.6 Å². The Kier molecular flexibility index (Phi) is 4.84. The summed E-state index contributed by atoms with van der Waals surface area (Å²) in [6.07, 6.45) is 0. The van der Waals surface area contributed by atoms with Crippen LogP contribution in [0.25, 0.3) is 0 Å². The minimum absolute atomic E-state index is 0.0791. The molecule has 0 fully saturated rings. The topological polar surface area (TPSA) is 98.5 Å². The molecule has 1 N–H and O–H groups in total. The number of hydrogen-bond donors (Lipinski definition) is 1. The van der Waals surface area contributed by atoms with Crippen molar-refractivity contribution in [2.45, 2.75) is 6.92 Å². The summed E-state index contributed by atoms with van der Waals surface area (Å²) in [5.74, 6) is -1.24. The first-order chi connectivity index (χ1) is 10.5. The summed E-state index contributed by atoms with van der Waals surface area (Å²) in [6, 6.07) is 9.71. The molecule has 7 nitrogen and oxygen atoms in total. The van der Waals surface area contributed by atoms with E-state index >= 15 is 0 Å². The van der Waals surface area contributed by atoms with Crippen LogP contribution in [0.15, 0.2) is 36.4 Å². The van der Waals surface area contributed by atoms with Crippen LogP contribution in [-0.4, -0.2) is 23.4 Å². The largest absolute Gasteiger partial charge is 0.451 e. The van der Waals surface area contributed by atoms with Gasteiger partial charge in [-0.15, -0.1) is 0 Å². The second-order valence-electron chi connectivity index (χ2n) is 4.33. The van der Waals surface area contributed by atoms with E-state index < -0.39 is 23.4 Å². The van der Waals surface area contributed by atoms with Crippen LogP contribution in [0.5, 0.6) is 0 Å². The first kappa shape index (κ1) is 15.6. The van der Waals surface area contributed by atoms with Gasteiger partial charge < -0.3 is 10.1 Å². The summed E-state index contributed by atoms with van der Waals surface area (Å²) >= 11 is 0.702. The van der Waals surface area contributed by atoms with Gasteiger partial charge in [0.15, 0.2) is 6.61 Å². The van der Waals surface area contributed by atoms with Gasteiger partial charge in [0.1, 0.15) is 4.88 Å². The number of amides is 1. The summed E-state index contributed by atoms with van der Waals surface area (Å²) in [6.45, 7) is 1.38. The quantitative estimate of drug-likeness (QED) is 0.519. The fourth-order valence-corrected chi connectivity index (χ4v) is 2.35. The van der Waals surface area contributed by atoms with Crippen molar-refractivity contribution in [2.75, 3.05) is 11.9 Å². The second kappa shape index (κ2) is 6.81. The third-order valence-corrected chi connectivity index (χ3v) is 3.74. The Labute approximate surface area is 129 Å². The van der Waals surface area contributed by atoms with Gasteiger partial charge in [0.05, 0.1) is 4.92 Å². The number of aryl methyl sites for hydroxylation is 1. The smallest absolute Gasteiger partial charge is 0.349 e. The van der Waals surface area contributed by atoms with Gasteiger partial charge in [-0.25, -0.2) is 4.79 Å². The summed E-state index contributed by atoms with van der Waals surface area (Å²) in [7, 11) is 0. The summed E-state index contributed by atoms with van der Waals surface area (Å²) in [5.41, 5.74) is 1.52. The molecule has 0 aliphatic rings. The fourth-order valence-electron chi connectivity index (χ4n) is 1.64. The molecule has 2 rings (SSSR count). The van der Waals surface area contributed by atoms with Crippen LogP contribution in [0.4, 0.5) is 10.7 Å². The lowest BCUT2D eigenvalue weighted by molar-refractivity contribution is -0.380. The van der Waals surface area contributed by atoms with Gasteiger partial charge in [-0.1, -0.05) is 29.5 Å². The predicted octanol–water partition coefficient (Wildman–Crippen LogP) is 2.76. The molecule has 0 saturated carbocycles. The molecule has 0 saturated heterocycles. The van der Waals surface area contributed by atoms with Crippen molar-refractivity contribution in [1.82, 2.24) is 0 Å². The number of para-hydroxylation sites is 1. The van der Waals surface area contributed by atoms with Crippen molar-refractivity contribution in [3.8, 4) is 0 Å². The molecule has 114 valence electrons. The molecule has 1 heterocycles. The van der Waals surface area contributed by atoms with Crippen LogP contribution < -0.4 is 5.32 Å². The number of anilines is 1. The normalized spacial score (nSPS) is 10.0. The number of carbonyl (C=O) groups excluding carboxylic acids is 2. The van der Waals surface area contributed by atoms with E-state index in [4.69, 9.17) is 4.74 Å². The van der Waals surface area contributed by atoms with E-state index in [0.717, 1.165) is 5.56 Å². The van der Waals surface area contributed by atoms with E-state index in [9.17, 15) is 19.7 Å². The highest BCUT2D eigenvalue weighted by Crippen LogP contribution is 2.24. The van der Waals surface area contributed by atoms with Crippen molar-refractivity contribution in [2.24, 2.45) is 0 Å². The predicted molar refractivity (Wildman–Crippen MR) is 81.1 cm³/mol. The number of rotatable bonds is 5. The number of ether oxygens (including phenoxy) is 1. The molecule has 1 aromatic carbocycles. The Balaban J connectivity index is 1.89. The molecule has 0 atom stereocenters. The van der Waals surface area contributed by atoms with Gasteiger partial charge >= 0.3 is 11.0 Å². The minimum Gasteiger partial charge on any atom is -0.451 e. The van der Waals surface area contributed by atoms with Gasteiger partial charge in [0, 0.05) is 11.8 Å². The SMILES string of the molecule is Cc1ccccc1NC(=O)COC(=O)c1ccc([N+](=O)[O-])s1. The Morgan fingerprint density at radius 3 is 2.64 bits per heavy atom. The number of hydrogen-bond acceptors (Lipinski definition) is 6. The van der Waals surface area contributed by atoms with Crippen LogP contribution in [0, 0.1) is 17.0 Å². The molecular formula is C14H12N2O5S. The highest BCUT2D eigenvalue weighted by molar-refractivity contribution is 7.17. The van der Waals surface area contributed by atoms with Gasteiger partial charge in [-0.3, -0.25) is 14.9 Å². The van der Waals surface area contributed by atoms with Crippen molar-refractivity contribution in [3.05, 3.63) is 57.0 Å². The van der Waals surface area contributed by atoms with Crippen LogP contribution in [0.1, 0.15) is 15.2 Å². The number of carbonyl (C=O) groups is 2. The Hall–Kier alpha value is -2.74. The summed E-state index contributed by atoms with van der Waals surface area (Å²) in [5, 5.41) is 13.0. The van der Waals surface area contributed by atoms with Crippen LogP contribution in [-0.2, 0) is 9.53 Å². The molecule has 0 radical (unpaired) electrons. The number of nitro groups is 1. The van der Waals surface area contributed by atoms with Crippen molar-refractivity contribution in [3.63, 3.8) is 0 Å². The molecule has 0 unspecified atom stereocenters. The molecule has 1 amide bonds. The highest BCUT2D eigenvalue weighted by Gasteiger charge is 2.17. The van der Waals surface area contributed by atoms with Gasteiger partial charge in [0.25, 0.3) is 5.91 Å². The molecule has 22 heavy (non-hydrogen) atoms. The maximum absolute atomic E-state index is 11.7. The Bertz CT molecular complexity index is 726.